The van der Waals surface area contributed by atoms with Gasteiger partial charge in [0, 0.05) is 0 Å². The number of aromatic nitrogens is 2. The Morgan fingerprint density at radius 3 is 2.43 bits per heavy atom. The van der Waals surface area contributed by atoms with Crippen LogP contribution in [0.4, 0.5) is 0 Å². The van der Waals surface area contributed by atoms with Crippen LogP contribution in [0.1, 0.15) is 16.9 Å². The van der Waals surface area contributed by atoms with Crippen molar-refractivity contribution in [2.75, 3.05) is 0 Å². The van der Waals surface area contributed by atoms with Gasteiger partial charge in [-0.1, -0.05) is 12.1 Å². The monoisotopic (exact) mass is 289 g/mol. The molecule has 8 heteroatoms. The number of amides is 1. The first-order valence-electron chi connectivity index (χ1n) is 5.94. The Kier molecular flexibility index (Phi) is 4.07. The zero-order chi connectivity index (χ0) is 15.4. The van der Waals surface area contributed by atoms with Crippen molar-refractivity contribution in [3.63, 3.8) is 0 Å². The van der Waals surface area contributed by atoms with E-state index in [2.05, 4.69) is 15.3 Å². The summed E-state index contributed by atoms with van der Waals surface area (Å²) in [5.41, 5.74) is 0.995. The Bertz CT molecular complexity index is 716. The highest BCUT2D eigenvalue weighted by Gasteiger charge is 2.24. The van der Waals surface area contributed by atoms with E-state index in [0.29, 0.717) is 11.0 Å². The third-order valence-corrected chi connectivity index (χ3v) is 2.66. The molecule has 3 N–H and O–H groups in total. The topological polar surface area (TPSA) is 129 Å². The lowest BCUT2D eigenvalue weighted by Crippen LogP contribution is -2.42. The van der Waals surface area contributed by atoms with E-state index in [1.807, 2.05) is 0 Å². The molecule has 108 valence electrons. The summed E-state index contributed by atoms with van der Waals surface area (Å²) in [6.07, 6.45) is 0.486. The van der Waals surface area contributed by atoms with Crippen molar-refractivity contribution in [1.82, 2.24) is 15.3 Å². The van der Waals surface area contributed by atoms with Gasteiger partial charge in [0.2, 0.25) is 0 Å². The van der Waals surface area contributed by atoms with Crippen molar-refractivity contribution < 1.29 is 24.6 Å². The summed E-state index contributed by atoms with van der Waals surface area (Å²) in [5, 5.41) is 19.6. The Balaban J connectivity index is 2.20. The number of fused-ring (bicyclic) bond motifs is 1. The molecule has 8 nitrogen and oxygen atoms in total. The Labute approximate surface area is 118 Å². The molecule has 0 aliphatic heterocycles. The number of carboxylic acid groups (broad SMARTS) is 2. The summed E-state index contributed by atoms with van der Waals surface area (Å²) in [4.78, 5) is 41.5. The first-order chi connectivity index (χ1) is 9.97. The summed E-state index contributed by atoms with van der Waals surface area (Å²) >= 11 is 0. The summed E-state index contributed by atoms with van der Waals surface area (Å²) < 4.78 is 0. The van der Waals surface area contributed by atoms with Crippen LogP contribution in [0.2, 0.25) is 0 Å². The van der Waals surface area contributed by atoms with E-state index in [9.17, 15) is 14.4 Å². The fourth-order valence-electron chi connectivity index (χ4n) is 1.67. The van der Waals surface area contributed by atoms with Crippen LogP contribution in [0, 0.1) is 0 Å². The van der Waals surface area contributed by atoms with E-state index in [1.165, 1.54) is 6.20 Å². The second-order valence-electron chi connectivity index (χ2n) is 4.21. The average molecular weight is 289 g/mol. The maximum Gasteiger partial charge on any atom is 0.326 e. The molecule has 1 aromatic heterocycles. The molecule has 21 heavy (non-hydrogen) atoms. The third-order valence-electron chi connectivity index (χ3n) is 2.66. The number of carbonyl (C=O) groups excluding carboxylic acids is 1. The minimum absolute atomic E-state index is 0.0784. The second kappa shape index (κ2) is 5.95. The molecule has 1 unspecified atom stereocenters. The van der Waals surface area contributed by atoms with Crippen molar-refractivity contribution in [1.29, 1.82) is 0 Å². The first-order valence-corrected chi connectivity index (χ1v) is 5.94. The molecule has 1 amide bonds. The highest BCUT2D eigenvalue weighted by molar-refractivity contribution is 5.96. The van der Waals surface area contributed by atoms with Crippen molar-refractivity contribution in [2.24, 2.45) is 0 Å². The number of nitrogens with one attached hydrogen (secondary N) is 1. The third kappa shape index (κ3) is 3.50. The summed E-state index contributed by atoms with van der Waals surface area (Å²) in [6.45, 7) is 0. The number of para-hydroxylation sites is 2. The lowest BCUT2D eigenvalue weighted by molar-refractivity contribution is -0.145. The molecule has 0 aliphatic carbocycles. The number of benzene rings is 1. The van der Waals surface area contributed by atoms with Crippen LogP contribution in [-0.2, 0) is 9.59 Å². The van der Waals surface area contributed by atoms with Gasteiger partial charge in [0.1, 0.15) is 11.7 Å². The maximum absolute atomic E-state index is 11.9. The highest BCUT2D eigenvalue weighted by Crippen LogP contribution is 2.08. The van der Waals surface area contributed by atoms with Gasteiger partial charge in [-0.2, -0.15) is 0 Å². The molecule has 0 fully saturated rings. The van der Waals surface area contributed by atoms with E-state index in [0.717, 1.165) is 0 Å². The fourth-order valence-corrected chi connectivity index (χ4v) is 1.67. The standard InChI is InChI=1S/C13H11N3O5/c17-11(18)5-9(13(20)21)16-12(19)10-6-14-7-3-1-2-4-8(7)15-10/h1-4,6,9H,5H2,(H,16,19)(H,17,18)(H,20,21). The summed E-state index contributed by atoms with van der Waals surface area (Å²) in [7, 11) is 0. The Morgan fingerprint density at radius 2 is 1.81 bits per heavy atom. The zero-order valence-corrected chi connectivity index (χ0v) is 10.7. The number of aliphatic carboxylic acids is 2. The number of hydrogen-bond acceptors (Lipinski definition) is 5. The van der Waals surface area contributed by atoms with E-state index < -0.39 is 30.3 Å². The minimum Gasteiger partial charge on any atom is -0.481 e. The molecule has 0 saturated heterocycles. The quantitative estimate of drug-likeness (QED) is 0.721. The van der Waals surface area contributed by atoms with E-state index in [4.69, 9.17) is 10.2 Å². The fraction of sp³-hybridized carbons (Fsp3) is 0.154. The van der Waals surface area contributed by atoms with Gasteiger partial charge in [0.15, 0.2) is 0 Å². The molecule has 0 saturated carbocycles. The van der Waals surface area contributed by atoms with Crippen LogP contribution in [0.5, 0.6) is 0 Å². The summed E-state index contributed by atoms with van der Waals surface area (Å²) in [6, 6.07) is 5.34. The number of nitrogens with zero attached hydrogens (tertiary/aromatic N) is 2. The second-order valence-corrected chi connectivity index (χ2v) is 4.21. The first kappa shape index (κ1) is 14.4. The maximum atomic E-state index is 11.9. The van der Waals surface area contributed by atoms with Crippen LogP contribution in [0.3, 0.4) is 0 Å². The van der Waals surface area contributed by atoms with Crippen molar-refractivity contribution >= 4 is 28.9 Å². The molecule has 1 heterocycles. The molecule has 0 aliphatic rings. The smallest absolute Gasteiger partial charge is 0.326 e. The molecule has 2 rings (SSSR count). The number of carboxylic acids is 2. The Morgan fingerprint density at radius 1 is 1.14 bits per heavy atom. The van der Waals surface area contributed by atoms with Gasteiger partial charge >= 0.3 is 11.9 Å². The van der Waals surface area contributed by atoms with Crippen LogP contribution >= 0.6 is 0 Å². The van der Waals surface area contributed by atoms with Gasteiger partial charge < -0.3 is 15.5 Å². The molecule has 1 aromatic carbocycles. The summed E-state index contributed by atoms with van der Waals surface area (Å²) in [5.74, 6) is -3.55. The van der Waals surface area contributed by atoms with Gasteiger partial charge in [0.05, 0.1) is 23.7 Å². The molecule has 2 aromatic rings. The Hall–Kier alpha value is -3.03. The SMILES string of the molecule is O=C(O)CC(NC(=O)c1cnc2ccccc2n1)C(=O)O. The van der Waals surface area contributed by atoms with Gasteiger partial charge in [0.25, 0.3) is 5.91 Å². The highest BCUT2D eigenvalue weighted by atomic mass is 16.4. The van der Waals surface area contributed by atoms with Gasteiger partial charge in [-0.3, -0.25) is 14.6 Å². The van der Waals surface area contributed by atoms with E-state index in [-0.39, 0.29) is 5.69 Å². The molecule has 0 radical (unpaired) electrons. The van der Waals surface area contributed by atoms with Crippen LogP contribution in [-0.4, -0.2) is 44.1 Å². The van der Waals surface area contributed by atoms with Crippen molar-refractivity contribution in [3.05, 3.63) is 36.2 Å². The largest absolute Gasteiger partial charge is 0.481 e. The predicted molar refractivity (Wildman–Crippen MR) is 70.7 cm³/mol. The van der Waals surface area contributed by atoms with Gasteiger partial charge in [-0.15, -0.1) is 0 Å². The predicted octanol–water partition coefficient (Wildman–Crippen LogP) is 0.287. The minimum atomic E-state index is -1.52. The molecular formula is C13H11N3O5. The normalized spacial score (nSPS) is 11.8. The average Bonchev–Trinajstić information content (AvgIpc) is 2.45. The van der Waals surface area contributed by atoms with Crippen molar-refractivity contribution in [2.45, 2.75) is 12.5 Å². The van der Waals surface area contributed by atoms with Crippen molar-refractivity contribution in [3.8, 4) is 0 Å². The van der Waals surface area contributed by atoms with Crippen LogP contribution < -0.4 is 5.32 Å². The number of rotatable bonds is 5. The molecule has 0 spiro atoms. The van der Waals surface area contributed by atoms with Gasteiger partial charge in [-0.05, 0) is 12.1 Å². The van der Waals surface area contributed by atoms with E-state index in [1.54, 1.807) is 24.3 Å². The number of carbonyl (C=O) groups is 3. The van der Waals surface area contributed by atoms with Crippen LogP contribution in [0.15, 0.2) is 30.5 Å². The number of hydrogen-bond donors (Lipinski definition) is 3. The molecular weight excluding hydrogens is 278 g/mol. The molecule has 1 atom stereocenters. The lowest BCUT2D eigenvalue weighted by atomic mass is 10.2. The lowest BCUT2D eigenvalue weighted by Gasteiger charge is -2.11. The van der Waals surface area contributed by atoms with Crippen LogP contribution in [0.25, 0.3) is 11.0 Å². The zero-order valence-electron chi connectivity index (χ0n) is 10.7. The van der Waals surface area contributed by atoms with Gasteiger partial charge in [-0.25, -0.2) is 9.78 Å². The molecule has 0 bridgehead atoms. The van der Waals surface area contributed by atoms with E-state index >= 15 is 0 Å².